The Bertz CT molecular complexity index is 1250. The van der Waals surface area contributed by atoms with E-state index in [1.54, 1.807) is 28.6 Å². The summed E-state index contributed by atoms with van der Waals surface area (Å²) in [5.74, 6) is 0.374. The summed E-state index contributed by atoms with van der Waals surface area (Å²) >= 11 is 12.4. The van der Waals surface area contributed by atoms with Crippen molar-refractivity contribution in [2.45, 2.75) is 44.9 Å². The van der Waals surface area contributed by atoms with E-state index in [0.717, 1.165) is 24.8 Å². The number of imidazole rings is 1. The second-order valence-corrected chi connectivity index (χ2v) is 9.79. The number of nitrogens with zero attached hydrogens (tertiary/aromatic N) is 6. The Labute approximate surface area is 224 Å². The molecule has 37 heavy (non-hydrogen) atoms. The van der Waals surface area contributed by atoms with Crippen molar-refractivity contribution < 1.29 is 19.4 Å². The van der Waals surface area contributed by atoms with Gasteiger partial charge in [-0.05, 0) is 43.4 Å². The van der Waals surface area contributed by atoms with Crippen LogP contribution in [0.15, 0.2) is 36.7 Å². The Morgan fingerprint density at radius 3 is 2.68 bits per heavy atom. The highest BCUT2D eigenvalue weighted by atomic mass is 35.5. The SMILES string of the molecule is CN1c2nc(-c3nccnc3Cl)n(Cc3ccc(Cl)cc3)c2C(=O)N(CCCOC2CCCCO2)C1O. The predicted octanol–water partition coefficient (Wildman–Crippen LogP) is 3.80. The van der Waals surface area contributed by atoms with Gasteiger partial charge in [-0.3, -0.25) is 9.69 Å². The number of amides is 1. The molecule has 10 nitrogen and oxygen atoms in total. The monoisotopic (exact) mass is 546 g/mol. The molecule has 2 aromatic heterocycles. The highest BCUT2D eigenvalue weighted by Crippen LogP contribution is 2.35. The van der Waals surface area contributed by atoms with Crippen LogP contribution in [0, 0.1) is 0 Å². The van der Waals surface area contributed by atoms with Crippen LogP contribution in [0.5, 0.6) is 0 Å². The molecule has 0 spiro atoms. The van der Waals surface area contributed by atoms with Crippen molar-refractivity contribution in [1.82, 2.24) is 24.4 Å². The van der Waals surface area contributed by atoms with Crippen LogP contribution in [-0.2, 0) is 16.0 Å². The molecule has 1 N–H and O–H groups in total. The van der Waals surface area contributed by atoms with Crippen LogP contribution in [0.4, 0.5) is 5.82 Å². The molecule has 0 bridgehead atoms. The van der Waals surface area contributed by atoms with Crippen LogP contribution in [0.2, 0.25) is 10.2 Å². The van der Waals surface area contributed by atoms with E-state index in [4.69, 9.17) is 37.7 Å². The summed E-state index contributed by atoms with van der Waals surface area (Å²) < 4.78 is 13.2. The highest BCUT2D eigenvalue weighted by molar-refractivity contribution is 6.31. The maximum Gasteiger partial charge on any atom is 0.277 e. The fourth-order valence-electron chi connectivity index (χ4n) is 4.54. The van der Waals surface area contributed by atoms with Gasteiger partial charge in [-0.15, -0.1) is 0 Å². The zero-order valence-corrected chi connectivity index (χ0v) is 21.9. The van der Waals surface area contributed by atoms with Gasteiger partial charge in [0.15, 0.2) is 28.8 Å². The topological polar surface area (TPSA) is 106 Å². The summed E-state index contributed by atoms with van der Waals surface area (Å²) in [6.45, 7) is 1.73. The summed E-state index contributed by atoms with van der Waals surface area (Å²) in [4.78, 5) is 30.0. The van der Waals surface area contributed by atoms with Gasteiger partial charge in [-0.25, -0.2) is 15.0 Å². The van der Waals surface area contributed by atoms with Crippen LogP contribution < -0.4 is 4.90 Å². The van der Waals surface area contributed by atoms with Gasteiger partial charge in [0.1, 0.15) is 5.69 Å². The number of aliphatic hydroxyl groups is 1. The lowest BCUT2D eigenvalue weighted by Gasteiger charge is -2.38. The Balaban J connectivity index is 1.44. The quantitative estimate of drug-likeness (QED) is 0.425. The van der Waals surface area contributed by atoms with Crippen LogP contribution in [0.3, 0.4) is 0 Å². The summed E-state index contributed by atoms with van der Waals surface area (Å²) in [5, 5.41) is 11.8. The van der Waals surface area contributed by atoms with E-state index in [2.05, 4.69) is 9.97 Å². The summed E-state index contributed by atoms with van der Waals surface area (Å²) in [6, 6.07) is 7.33. The van der Waals surface area contributed by atoms with E-state index in [0.29, 0.717) is 60.8 Å². The number of benzene rings is 1. The molecule has 1 saturated heterocycles. The minimum atomic E-state index is -1.19. The first-order valence-electron chi connectivity index (χ1n) is 12.2. The Morgan fingerprint density at radius 2 is 1.95 bits per heavy atom. The van der Waals surface area contributed by atoms with E-state index in [9.17, 15) is 9.90 Å². The molecule has 3 aromatic rings. The number of aliphatic hydroxyl groups excluding tert-OH is 1. The number of aromatic nitrogens is 4. The second kappa shape index (κ2) is 11.3. The van der Waals surface area contributed by atoms with Crippen molar-refractivity contribution in [3.05, 3.63) is 58.1 Å². The van der Waals surface area contributed by atoms with Crippen molar-refractivity contribution in [2.75, 3.05) is 31.7 Å². The third-order valence-corrected chi connectivity index (χ3v) is 7.00. The van der Waals surface area contributed by atoms with Crippen molar-refractivity contribution in [3.63, 3.8) is 0 Å². The van der Waals surface area contributed by atoms with Gasteiger partial charge in [0.2, 0.25) is 6.35 Å². The number of carbonyl (C=O) groups is 1. The number of carbonyl (C=O) groups excluding carboxylic acids is 1. The maximum atomic E-state index is 13.8. The minimum Gasteiger partial charge on any atom is -0.356 e. The van der Waals surface area contributed by atoms with Crippen molar-refractivity contribution in [2.24, 2.45) is 0 Å². The molecule has 0 radical (unpaired) electrons. The normalized spacial score (nSPS) is 19.8. The second-order valence-electron chi connectivity index (χ2n) is 8.99. The predicted molar refractivity (Wildman–Crippen MR) is 138 cm³/mol. The summed E-state index contributed by atoms with van der Waals surface area (Å²) in [7, 11) is 1.69. The number of rotatable bonds is 8. The lowest BCUT2D eigenvalue weighted by molar-refractivity contribution is -0.163. The molecule has 2 aliphatic rings. The van der Waals surface area contributed by atoms with Crippen molar-refractivity contribution in [3.8, 4) is 11.5 Å². The largest absolute Gasteiger partial charge is 0.356 e. The standard InChI is InChI=1S/C25H28Cl2N6O4/c1-31-23-20(24(34)32(25(31)35)12-4-14-37-18-5-2-3-13-36-18)33(15-16-6-8-17(26)9-7-16)22(30-23)19-21(27)29-11-10-28-19/h6-11,18,25,35H,2-5,12-15H2,1H3. The Morgan fingerprint density at radius 1 is 1.16 bits per heavy atom. The fraction of sp³-hybridized carbons (Fsp3) is 0.440. The molecular formula is C25H28Cl2N6O4. The third kappa shape index (κ3) is 5.44. The molecule has 12 heteroatoms. The zero-order valence-electron chi connectivity index (χ0n) is 20.4. The lowest BCUT2D eigenvalue weighted by Crippen LogP contribution is -2.54. The molecule has 196 valence electrons. The highest BCUT2D eigenvalue weighted by Gasteiger charge is 2.40. The lowest BCUT2D eigenvalue weighted by atomic mass is 10.2. The maximum absolute atomic E-state index is 13.8. The van der Waals surface area contributed by atoms with Crippen LogP contribution in [0.1, 0.15) is 41.7 Å². The molecule has 1 aromatic carbocycles. The van der Waals surface area contributed by atoms with E-state index in [1.165, 1.54) is 17.3 Å². The van der Waals surface area contributed by atoms with Gasteiger partial charge in [0.05, 0.1) is 6.61 Å². The van der Waals surface area contributed by atoms with E-state index < -0.39 is 6.35 Å². The van der Waals surface area contributed by atoms with Gasteiger partial charge in [-0.2, -0.15) is 0 Å². The van der Waals surface area contributed by atoms with Gasteiger partial charge >= 0.3 is 0 Å². The van der Waals surface area contributed by atoms with E-state index in [1.807, 2.05) is 12.1 Å². The molecular weight excluding hydrogens is 519 g/mol. The molecule has 0 saturated carbocycles. The van der Waals surface area contributed by atoms with Crippen LogP contribution in [0.25, 0.3) is 11.5 Å². The van der Waals surface area contributed by atoms with Gasteiger partial charge in [-0.1, -0.05) is 35.3 Å². The Hall–Kier alpha value is -2.76. The molecule has 0 aliphatic carbocycles. The smallest absolute Gasteiger partial charge is 0.277 e. The average molecular weight is 547 g/mol. The Kier molecular flexibility index (Phi) is 7.92. The minimum absolute atomic E-state index is 0.164. The van der Waals surface area contributed by atoms with E-state index >= 15 is 0 Å². The van der Waals surface area contributed by atoms with Crippen molar-refractivity contribution >= 4 is 34.9 Å². The molecule has 1 amide bonds. The summed E-state index contributed by atoms with van der Waals surface area (Å²) in [6.07, 6.45) is 5.16. The number of halogens is 2. The number of fused-ring (bicyclic) bond motifs is 1. The number of hydrogen-bond acceptors (Lipinski definition) is 8. The average Bonchev–Trinajstić information content (AvgIpc) is 3.28. The molecule has 2 atom stereocenters. The number of hydrogen-bond donors (Lipinski definition) is 1. The molecule has 2 unspecified atom stereocenters. The third-order valence-electron chi connectivity index (χ3n) is 6.48. The van der Waals surface area contributed by atoms with Crippen LogP contribution in [-0.4, -0.2) is 74.9 Å². The fourth-order valence-corrected chi connectivity index (χ4v) is 4.86. The number of anilines is 1. The van der Waals surface area contributed by atoms with Gasteiger partial charge < -0.3 is 24.0 Å². The van der Waals surface area contributed by atoms with Crippen LogP contribution >= 0.6 is 23.2 Å². The van der Waals surface area contributed by atoms with Gasteiger partial charge in [0.25, 0.3) is 5.91 Å². The van der Waals surface area contributed by atoms with Gasteiger partial charge in [0, 0.05) is 44.2 Å². The first-order chi connectivity index (χ1) is 17.9. The van der Waals surface area contributed by atoms with E-state index in [-0.39, 0.29) is 17.4 Å². The first kappa shape index (κ1) is 25.9. The molecule has 2 aliphatic heterocycles. The summed E-state index contributed by atoms with van der Waals surface area (Å²) in [5.41, 5.74) is 1.58. The first-order valence-corrected chi connectivity index (χ1v) is 13.0. The molecule has 4 heterocycles. The van der Waals surface area contributed by atoms with Crippen molar-refractivity contribution in [1.29, 1.82) is 0 Å². The molecule has 1 fully saturated rings. The molecule has 5 rings (SSSR count). The zero-order chi connectivity index (χ0) is 25.9. The number of ether oxygens (including phenoxy) is 2.